The van der Waals surface area contributed by atoms with Gasteiger partial charge in [-0.15, -0.1) is 0 Å². The van der Waals surface area contributed by atoms with Crippen molar-refractivity contribution < 1.29 is 9.84 Å². The molecule has 2 atom stereocenters. The Morgan fingerprint density at radius 1 is 1.11 bits per heavy atom. The van der Waals surface area contributed by atoms with Gasteiger partial charge in [0.1, 0.15) is 11.4 Å². The van der Waals surface area contributed by atoms with Crippen molar-refractivity contribution in [2.75, 3.05) is 0 Å². The van der Waals surface area contributed by atoms with Gasteiger partial charge in [0.25, 0.3) is 0 Å². The summed E-state index contributed by atoms with van der Waals surface area (Å²) >= 11 is 0. The van der Waals surface area contributed by atoms with Gasteiger partial charge in [-0.25, -0.2) is 0 Å². The summed E-state index contributed by atoms with van der Waals surface area (Å²) in [7, 11) is 0. The molecule has 0 aliphatic heterocycles. The molecule has 1 fully saturated rings. The fourth-order valence-corrected chi connectivity index (χ4v) is 2.68. The van der Waals surface area contributed by atoms with E-state index >= 15 is 0 Å². The lowest BCUT2D eigenvalue weighted by molar-refractivity contribution is 0.0964. The number of aliphatic hydroxyl groups is 1. The second kappa shape index (κ2) is 5.31. The fourth-order valence-electron chi connectivity index (χ4n) is 2.68. The molecular formula is C16H24O2. The van der Waals surface area contributed by atoms with Crippen LogP contribution in [0.25, 0.3) is 0 Å². The molecule has 1 aromatic carbocycles. The number of benzene rings is 1. The highest BCUT2D eigenvalue weighted by Gasteiger charge is 2.27. The minimum Gasteiger partial charge on any atom is -0.488 e. The normalized spacial score (nSPS) is 24.9. The van der Waals surface area contributed by atoms with Gasteiger partial charge >= 0.3 is 0 Å². The first-order chi connectivity index (χ1) is 8.47. The first-order valence-corrected chi connectivity index (χ1v) is 6.93. The van der Waals surface area contributed by atoms with Crippen LogP contribution < -0.4 is 4.74 Å². The number of para-hydroxylation sites is 1. The van der Waals surface area contributed by atoms with Gasteiger partial charge < -0.3 is 9.84 Å². The topological polar surface area (TPSA) is 29.5 Å². The Morgan fingerprint density at radius 3 is 2.44 bits per heavy atom. The van der Waals surface area contributed by atoms with Crippen LogP contribution in [0.15, 0.2) is 24.3 Å². The van der Waals surface area contributed by atoms with Crippen LogP contribution in [0.2, 0.25) is 0 Å². The molecule has 1 aliphatic carbocycles. The summed E-state index contributed by atoms with van der Waals surface area (Å²) in [6.07, 6.45) is 4.09. The Balaban J connectivity index is 2.26. The van der Waals surface area contributed by atoms with Crippen LogP contribution >= 0.6 is 0 Å². The predicted molar refractivity (Wildman–Crippen MR) is 74.0 cm³/mol. The van der Waals surface area contributed by atoms with Gasteiger partial charge in [0.15, 0.2) is 0 Å². The zero-order valence-electron chi connectivity index (χ0n) is 11.6. The summed E-state index contributed by atoms with van der Waals surface area (Å²) in [6.45, 7) is 6.17. The monoisotopic (exact) mass is 248 g/mol. The highest BCUT2D eigenvalue weighted by atomic mass is 16.5. The van der Waals surface area contributed by atoms with E-state index in [0.29, 0.717) is 0 Å². The summed E-state index contributed by atoms with van der Waals surface area (Å²) in [6, 6.07) is 8.15. The zero-order valence-corrected chi connectivity index (χ0v) is 11.6. The van der Waals surface area contributed by atoms with Crippen LogP contribution in [-0.2, 0) is 0 Å². The smallest absolute Gasteiger partial charge is 0.123 e. The third-order valence-electron chi connectivity index (χ3n) is 3.46. The molecule has 1 saturated carbocycles. The van der Waals surface area contributed by atoms with Crippen LogP contribution in [0.4, 0.5) is 0 Å². The molecule has 0 aromatic heterocycles. The Bertz CT molecular complexity index is 392. The molecular weight excluding hydrogens is 224 g/mol. The van der Waals surface area contributed by atoms with Gasteiger partial charge in [-0.3, -0.25) is 0 Å². The molecule has 0 heterocycles. The van der Waals surface area contributed by atoms with Crippen molar-refractivity contribution in [3.05, 3.63) is 29.8 Å². The van der Waals surface area contributed by atoms with E-state index in [4.69, 9.17) is 4.74 Å². The average molecular weight is 248 g/mol. The Morgan fingerprint density at radius 2 is 1.78 bits per heavy atom. The highest BCUT2D eigenvalue weighted by molar-refractivity contribution is 5.37. The van der Waals surface area contributed by atoms with Crippen LogP contribution in [0, 0.1) is 0 Å². The maximum Gasteiger partial charge on any atom is 0.123 e. The minimum absolute atomic E-state index is 0.199. The SMILES string of the molecule is CC(C)(C)Oc1ccccc1[C@H]1CCCC[C@@H]1O. The molecule has 0 radical (unpaired) electrons. The second-order valence-electron chi connectivity index (χ2n) is 6.21. The molecule has 0 bridgehead atoms. The van der Waals surface area contributed by atoms with Crippen molar-refractivity contribution in [1.29, 1.82) is 0 Å². The zero-order chi connectivity index (χ0) is 13.2. The fraction of sp³-hybridized carbons (Fsp3) is 0.625. The predicted octanol–water partition coefficient (Wildman–Crippen LogP) is 3.88. The number of hydrogen-bond donors (Lipinski definition) is 1. The Labute approximate surface area is 110 Å². The summed E-state index contributed by atoms with van der Waals surface area (Å²) in [5.74, 6) is 1.16. The van der Waals surface area contributed by atoms with E-state index in [-0.39, 0.29) is 17.6 Å². The lowest BCUT2D eigenvalue weighted by Gasteiger charge is -2.31. The van der Waals surface area contributed by atoms with Gasteiger partial charge in [-0.1, -0.05) is 31.0 Å². The Kier molecular flexibility index (Phi) is 3.96. The van der Waals surface area contributed by atoms with E-state index in [9.17, 15) is 5.11 Å². The van der Waals surface area contributed by atoms with E-state index in [2.05, 4.69) is 26.8 Å². The maximum atomic E-state index is 10.2. The van der Waals surface area contributed by atoms with Crippen molar-refractivity contribution in [2.24, 2.45) is 0 Å². The molecule has 0 unspecified atom stereocenters. The number of rotatable bonds is 2. The summed E-state index contributed by atoms with van der Waals surface area (Å²) in [5, 5.41) is 10.2. The van der Waals surface area contributed by atoms with E-state index < -0.39 is 0 Å². The highest BCUT2D eigenvalue weighted by Crippen LogP contribution is 2.38. The maximum absolute atomic E-state index is 10.2. The van der Waals surface area contributed by atoms with Gasteiger partial charge in [-0.2, -0.15) is 0 Å². The molecule has 2 heteroatoms. The van der Waals surface area contributed by atoms with Crippen LogP contribution in [0.1, 0.15) is 57.9 Å². The summed E-state index contributed by atoms with van der Waals surface area (Å²) in [5.41, 5.74) is 0.968. The van der Waals surface area contributed by atoms with Crippen molar-refractivity contribution in [3.63, 3.8) is 0 Å². The first kappa shape index (κ1) is 13.4. The first-order valence-electron chi connectivity index (χ1n) is 6.93. The molecule has 0 saturated heterocycles. The molecule has 0 amide bonds. The molecule has 2 nitrogen and oxygen atoms in total. The number of aliphatic hydroxyl groups excluding tert-OH is 1. The van der Waals surface area contributed by atoms with Gasteiger partial charge in [0, 0.05) is 5.92 Å². The Hall–Kier alpha value is -1.02. The van der Waals surface area contributed by atoms with Crippen molar-refractivity contribution in [1.82, 2.24) is 0 Å². The molecule has 1 aliphatic rings. The van der Waals surface area contributed by atoms with Crippen molar-refractivity contribution in [2.45, 2.75) is 64.1 Å². The number of hydrogen-bond acceptors (Lipinski definition) is 2. The third-order valence-corrected chi connectivity index (χ3v) is 3.46. The molecule has 100 valence electrons. The van der Waals surface area contributed by atoms with Crippen LogP contribution in [0.3, 0.4) is 0 Å². The van der Waals surface area contributed by atoms with Gasteiger partial charge in [0.05, 0.1) is 6.10 Å². The third kappa shape index (κ3) is 3.26. The molecule has 18 heavy (non-hydrogen) atoms. The largest absolute Gasteiger partial charge is 0.488 e. The molecule has 0 spiro atoms. The lowest BCUT2D eigenvalue weighted by Crippen LogP contribution is -2.27. The van der Waals surface area contributed by atoms with Gasteiger partial charge in [0.2, 0.25) is 0 Å². The second-order valence-corrected chi connectivity index (χ2v) is 6.21. The molecule has 1 aromatic rings. The summed E-state index contributed by atoms with van der Waals surface area (Å²) in [4.78, 5) is 0. The van der Waals surface area contributed by atoms with Crippen molar-refractivity contribution >= 4 is 0 Å². The van der Waals surface area contributed by atoms with Crippen LogP contribution in [-0.4, -0.2) is 16.8 Å². The average Bonchev–Trinajstić information content (AvgIpc) is 2.29. The van der Waals surface area contributed by atoms with E-state index in [1.165, 1.54) is 12.0 Å². The number of ether oxygens (including phenoxy) is 1. The van der Waals surface area contributed by atoms with Crippen molar-refractivity contribution in [3.8, 4) is 5.75 Å². The van der Waals surface area contributed by atoms with Gasteiger partial charge in [-0.05, 0) is 45.2 Å². The summed E-state index contributed by atoms with van der Waals surface area (Å²) < 4.78 is 6.02. The lowest BCUT2D eigenvalue weighted by atomic mass is 9.81. The standard InChI is InChI=1S/C16H24O2/c1-16(2,3)18-15-11-7-5-9-13(15)12-8-4-6-10-14(12)17/h5,7,9,11-12,14,17H,4,6,8,10H2,1-3H3/t12-,14+/m1/s1. The minimum atomic E-state index is -0.219. The molecule has 1 N–H and O–H groups in total. The van der Waals surface area contributed by atoms with Crippen LogP contribution in [0.5, 0.6) is 5.75 Å². The quantitative estimate of drug-likeness (QED) is 0.860. The van der Waals surface area contributed by atoms with E-state index in [1.807, 2.05) is 18.2 Å². The van der Waals surface area contributed by atoms with E-state index in [1.54, 1.807) is 0 Å². The molecule has 2 rings (SSSR count). The van der Waals surface area contributed by atoms with E-state index in [0.717, 1.165) is 25.0 Å².